The number of benzene rings is 2. The summed E-state index contributed by atoms with van der Waals surface area (Å²) in [6.07, 6.45) is 2.62. The largest absolute Gasteiger partial charge is 0.491 e. The summed E-state index contributed by atoms with van der Waals surface area (Å²) in [5.74, 6) is 0.552. The molecular weight excluding hydrogens is 317 g/mol. The van der Waals surface area contributed by atoms with Crippen molar-refractivity contribution in [2.45, 2.75) is 13.3 Å². The van der Waals surface area contributed by atoms with Gasteiger partial charge in [0.2, 0.25) is 0 Å². The average molecular weight is 332 g/mol. The molecule has 0 saturated heterocycles. The van der Waals surface area contributed by atoms with Crippen molar-refractivity contribution >= 4 is 34.9 Å². The van der Waals surface area contributed by atoms with Gasteiger partial charge in [-0.1, -0.05) is 60.5 Å². The summed E-state index contributed by atoms with van der Waals surface area (Å²) in [4.78, 5) is 0. The van der Waals surface area contributed by atoms with E-state index in [-0.39, 0.29) is 0 Å². The molecule has 0 N–H and O–H groups in total. The molecule has 0 aromatic heterocycles. The first-order valence-corrected chi connectivity index (χ1v) is 7.70. The molecule has 112 valence electrons. The van der Waals surface area contributed by atoms with E-state index in [0.717, 1.165) is 12.0 Å². The first-order chi connectivity index (χ1) is 10.7. The molecule has 0 saturated carbocycles. The van der Waals surface area contributed by atoms with Gasteiger partial charge in [0.1, 0.15) is 5.75 Å². The summed E-state index contributed by atoms with van der Waals surface area (Å²) in [5.41, 5.74) is 2.06. The molecule has 2 nitrogen and oxygen atoms in total. The van der Waals surface area contributed by atoms with Crippen LogP contribution in [0.4, 0.5) is 0 Å². The standard InChI is InChI=1S/C18H15Cl2NO/c1-2-8-22-18-14(10-16(19)11-17(18)20)9-15(12-21)13-6-4-3-5-7-13/h3-7,9-11H,2,8H2,1H3/b15-9+. The van der Waals surface area contributed by atoms with Crippen molar-refractivity contribution in [3.8, 4) is 11.8 Å². The second kappa shape index (κ2) is 7.89. The summed E-state index contributed by atoms with van der Waals surface area (Å²) < 4.78 is 5.71. The van der Waals surface area contributed by atoms with Gasteiger partial charge in [-0.15, -0.1) is 0 Å². The van der Waals surface area contributed by atoms with Crippen molar-refractivity contribution in [2.24, 2.45) is 0 Å². The molecular formula is C18H15Cl2NO. The Kier molecular flexibility index (Phi) is 5.89. The van der Waals surface area contributed by atoms with E-state index in [2.05, 4.69) is 6.07 Å². The number of rotatable bonds is 5. The van der Waals surface area contributed by atoms with E-state index in [9.17, 15) is 5.26 Å². The molecule has 22 heavy (non-hydrogen) atoms. The van der Waals surface area contributed by atoms with Gasteiger partial charge in [-0.25, -0.2) is 0 Å². The Morgan fingerprint density at radius 2 is 1.95 bits per heavy atom. The third kappa shape index (κ3) is 4.04. The average Bonchev–Trinajstić information content (AvgIpc) is 2.52. The Labute approximate surface area is 140 Å². The Balaban J connectivity index is 2.51. The topological polar surface area (TPSA) is 33.0 Å². The molecule has 0 spiro atoms. The molecule has 0 radical (unpaired) electrons. The molecule has 0 aliphatic heterocycles. The zero-order valence-electron chi connectivity index (χ0n) is 12.1. The fourth-order valence-electron chi connectivity index (χ4n) is 2.00. The fourth-order valence-corrected chi connectivity index (χ4v) is 2.56. The van der Waals surface area contributed by atoms with Gasteiger partial charge in [0, 0.05) is 10.6 Å². The Bertz CT molecular complexity index is 718. The van der Waals surface area contributed by atoms with E-state index in [4.69, 9.17) is 27.9 Å². The molecule has 0 heterocycles. The van der Waals surface area contributed by atoms with Crippen LogP contribution < -0.4 is 4.74 Å². The molecule has 2 rings (SSSR count). The Hall–Kier alpha value is -1.95. The molecule has 0 bridgehead atoms. The number of ether oxygens (including phenoxy) is 1. The summed E-state index contributed by atoms with van der Waals surface area (Å²) in [6, 6.07) is 15.0. The lowest BCUT2D eigenvalue weighted by atomic mass is 10.0. The van der Waals surface area contributed by atoms with E-state index >= 15 is 0 Å². The Morgan fingerprint density at radius 1 is 1.23 bits per heavy atom. The van der Waals surface area contributed by atoms with Crippen LogP contribution in [0.25, 0.3) is 11.6 Å². The maximum absolute atomic E-state index is 9.42. The first kappa shape index (κ1) is 16.4. The maximum Gasteiger partial charge on any atom is 0.145 e. The minimum atomic E-state index is 0.442. The number of halogens is 2. The van der Waals surface area contributed by atoms with Crippen molar-refractivity contribution in [2.75, 3.05) is 6.61 Å². The number of allylic oxidation sites excluding steroid dienone is 1. The summed E-state index contributed by atoms with van der Waals surface area (Å²) in [6.45, 7) is 2.57. The van der Waals surface area contributed by atoms with Crippen molar-refractivity contribution in [3.05, 3.63) is 63.6 Å². The Morgan fingerprint density at radius 3 is 2.59 bits per heavy atom. The van der Waals surface area contributed by atoms with E-state index in [1.165, 1.54) is 0 Å². The third-order valence-corrected chi connectivity index (χ3v) is 3.49. The van der Waals surface area contributed by atoms with E-state index in [1.54, 1.807) is 18.2 Å². The fraction of sp³-hybridized carbons (Fsp3) is 0.167. The normalized spacial score (nSPS) is 11.1. The number of hydrogen-bond acceptors (Lipinski definition) is 2. The van der Waals surface area contributed by atoms with Crippen LogP contribution in [0.1, 0.15) is 24.5 Å². The zero-order valence-corrected chi connectivity index (χ0v) is 13.7. The van der Waals surface area contributed by atoms with E-state index < -0.39 is 0 Å². The van der Waals surface area contributed by atoms with E-state index in [1.807, 2.05) is 37.3 Å². The molecule has 4 heteroatoms. The molecule has 0 atom stereocenters. The van der Waals surface area contributed by atoms with Crippen LogP contribution in [-0.4, -0.2) is 6.61 Å². The smallest absolute Gasteiger partial charge is 0.145 e. The van der Waals surface area contributed by atoms with Gasteiger partial charge < -0.3 is 4.74 Å². The number of hydrogen-bond donors (Lipinski definition) is 0. The highest BCUT2D eigenvalue weighted by Gasteiger charge is 2.11. The SMILES string of the molecule is CCCOc1c(Cl)cc(Cl)cc1/C=C(\C#N)c1ccccc1. The van der Waals surface area contributed by atoms with Crippen molar-refractivity contribution < 1.29 is 4.74 Å². The number of nitrogens with zero attached hydrogens (tertiary/aromatic N) is 1. The molecule has 0 aliphatic rings. The molecule has 0 aliphatic carbocycles. The van der Waals surface area contributed by atoms with Crippen molar-refractivity contribution in [1.29, 1.82) is 5.26 Å². The van der Waals surface area contributed by atoms with Crippen LogP contribution in [0.2, 0.25) is 10.0 Å². The highest BCUT2D eigenvalue weighted by molar-refractivity contribution is 6.36. The minimum Gasteiger partial charge on any atom is -0.491 e. The number of nitriles is 1. The van der Waals surface area contributed by atoms with Crippen LogP contribution >= 0.6 is 23.2 Å². The van der Waals surface area contributed by atoms with Crippen LogP contribution in [0.5, 0.6) is 5.75 Å². The monoisotopic (exact) mass is 331 g/mol. The second-order valence-electron chi connectivity index (χ2n) is 4.69. The van der Waals surface area contributed by atoms with Crippen LogP contribution in [0.15, 0.2) is 42.5 Å². The lowest BCUT2D eigenvalue weighted by molar-refractivity contribution is 0.317. The zero-order chi connectivity index (χ0) is 15.9. The molecule has 0 fully saturated rings. The van der Waals surface area contributed by atoms with Gasteiger partial charge in [-0.3, -0.25) is 0 Å². The molecule has 0 unspecified atom stereocenters. The molecule has 2 aromatic rings. The first-order valence-electron chi connectivity index (χ1n) is 6.94. The van der Waals surface area contributed by atoms with E-state index in [0.29, 0.717) is 33.5 Å². The quantitative estimate of drug-likeness (QED) is 0.508. The van der Waals surface area contributed by atoms with Crippen LogP contribution in [-0.2, 0) is 0 Å². The van der Waals surface area contributed by atoms with Gasteiger partial charge in [-0.2, -0.15) is 5.26 Å². The minimum absolute atomic E-state index is 0.442. The van der Waals surface area contributed by atoms with Gasteiger partial charge in [-0.05, 0) is 30.2 Å². The van der Waals surface area contributed by atoms with Gasteiger partial charge in [0.25, 0.3) is 0 Å². The highest BCUT2D eigenvalue weighted by Crippen LogP contribution is 2.35. The summed E-state index contributed by atoms with van der Waals surface area (Å²) in [7, 11) is 0. The lowest BCUT2D eigenvalue weighted by Crippen LogP contribution is -1.98. The van der Waals surface area contributed by atoms with Crippen LogP contribution in [0, 0.1) is 11.3 Å². The van der Waals surface area contributed by atoms with Gasteiger partial charge >= 0.3 is 0 Å². The second-order valence-corrected chi connectivity index (χ2v) is 5.53. The lowest BCUT2D eigenvalue weighted by Gasteiger charge is -2.11. The van der Waals surface area contributed by atoms with Crippen molar-refractivity contribution in [1.82, 2.24) is 0 Å². The third-order valence-electron chi connectivity index (χ3n) is 2.99. The summed E-state index contributed by atoms with van der Waals surface area (Å²) in [5, 5.41) is 10.4. The molecule has 0 amide bonds. The summed E-state index contributed by atoms with van der Waals surface area (Å²) >= 11 is 12.3. The predicted octanol–water partition coefficient (Wildman–Crippen LogP) is 5.85. The maximum atomic E-state index is 9.42. The van der Waals surface area contributed by atoms with Crippen molar-refractivity contribution in [3.63, 3.8) is 0 Å². The van der Waals surface area contributed by atoms with Crippen LogP contribution in [0.3, 0.4) is 0 Å². The molecule has 2 aromatic carbocycles. The highest BCUT2D eigenvalue weighted by atomic mass is 35.5. The van der Waals surface area contributed by atoms with Gasteiger partial charge in [0.15, 0.2) is 0 Å². The van der Waals surface area contributed by atoms with Gasteiger partial charge in [0.05, 0.1) is 23.3 Å². The predicted molar refractivity (Wildman–Crippen MR) is 92.2 cm³/mol.